The van der Waals surface area contributed by atoms with Gasteiger partial charge in [-0.2, -0.15) is 0 Å². The summed E-state index contributed by atoms with van der Waals surface area (Å²) in [4.78, 5) is 16.3. The maximum atomic E-state index is 11.6. The van der Waals surface area contributed by atoms with Crippen LogP contribution in [0.2, 0.25) is 0 Å². The highest BCUT2D eigenvalue weighted by atomic mass is 16.1. The minimum atomic E-state index is 0.0794. The van der Waals surface area contributed by atoms with Crippen molar-refractivity contribution in [3.8, 4) is 0 Å². The first-order chi connectivity index (χ1) is 11.7. The molecule has 134 valence electrons. The molecule has 0 bridgehead atoms. The lowest BCUT2D eigenvalue weighted by atomic mass is 10.1. The lowest BCUT2D eigenvalue weighted by molar-refractivity contribution is -0.120. The highest BCUT2D eigenvalue weighted by Crippen LogP contribution is 2.04. The van der Waals surface area contributed by atoms with E-state index in [1.54, 1.807) is 0 Å². The predicted molar refractivity (Wildman–Crippen MR) is 101 cm³/mol. The van der Waals surface area contributed by atoms with Gasteiger partial charge in [0.2, 0.25) is 5.91 Å². The third-order valence-corrected chi connectivity index (χ3v) is 3.58. The van der Waals surface area contributed by atoms with E-state index in [-0.39, 0.29) is 5.91 Å². The van der Waals surface area contributed by atoms with E-state index in [1.807, 2.05) is 6.92 Å². The van der Waals surface area contributed by atoms with E-state index < -0.39 is 0 Å². The van der Waals surface area contributed by atoms with Crippen molar-refractivity contribution in [2.24, 2.45) is 4.99 Å². The molecule has 0 aliphatic carbocycles. The van der Waals surface area contributed by atoms with Crippen molar-refractivity contribution in [1.82, 2.24) is 16.0 Å². The van der Waals surface area contributed by atoms with Crippen molar-refractivity contribution >= 4 is 11.9 Å². The molecule has 5 nitrogen and oxygen atoms in total. The van der Waals surface area contributed by atoms with Gasteiger partial charge in [-0.15, -0.1) is 0 Å². The summed E-state index contributed by atoms with van der Waals surface area (Å²) in [5, 5.41) is 9.45. The summed E-state index contributed by atoms with van der Waals surface area (Å²) >= 11 is 0. The Hall–Kier alpha value is -2.04. The number of hydrogen-bond acceptors (Lipinski definition) is 2. The van der Waals surface area contributed by atoms with Crippen molar-refractivity contribution in [2.45, 2.75) is 53.0 Å². The third kappa shape index (κ3) is 9.18. The first-order valence-corrected chi connectivity index (χ1v) is 9.00. The van der Waals surface area contributed by atoms with Gasteiger partial charge in [-0.05, 0) is 25.3 Å². The molecule has 0 atom stereocenters. The number of aliphatic imine (C=N–C) groups is 1. The SMILES string of the molecule is CCCCNC(=NCc1ccc(C)cc1)NCCC(=O)NCCC. The maximum absolute atomic E-state index is 11.6. The minimum Gasteiger partial charge on any atom is -0.356 e. The van der Waals surface area contributed by atoms with Crippen molar-refractivity contribution in [2.75, 3.05) is 19.6 Å². The number of benzene rings is 1. The largest absolute Gasteiger partial charge is 0.356 e. The molecule has 1 rings (SSSR count). The predicted octanol–water partition coefficient (Wildman–Crippen LogP) is 2.75. The molecular formula is C19H32N4O. The van der Waals surface area contributed by atoms with Gasteiger partial charge in [-0.3, -0.25) is 4.79 Å². The number of unbranched alkanes of at least 4 members (excludes halogenated alkanes) is 1. The van der Waals surface area contributed by atoms with Crippen LogP contribution in [0.25, 0.3) is 0 Å². The van der Waals surface area contributed by atoms with Gasteiger partial charge in [0.05, 0.1) is 6.54 Å². The van der Waals surface area contributed by atoms with Crippen LogP contribution in [0, 0.1) is 6.92 Å². The molecule has 1 aromatic rings. The van der Waals surface area contributed by atoms with Crippen molar-refractivity contribution in [3.05, 3.63) is 35.4 Å². The van der Waals surface area contributed by atoms with Crippen LogP contribution in [0.15, 0.2) is 29.3 Å². The van der Waals surface area contributed by atoms with Crippen LogP contribution in [-0.4, -0.2) is 31.5 Å². The van der Waals surface area contributed by atoms with Gasteiger partial charge in [0.15, 0.2) is 5.96 Å². The van der Waals surface area contributed by atoms with Gasteiger partial charge in [0.1, 0.15) is 0 Å². The Morgan fingerprint density at radius 3 is 2.33 bits per heavy atom. The molecule has 0 saturated carbocycles. The zero-order valence-corrected chi connectivity index (χ0v) is 15.3. The molecule has 0 aliphatic rings. The molecule has 5 heteroatoms. The Bertz CT molecular complexity index is 497. The highest BCUT2D eigenvalue weighted by molar-refractivity contribution is 5.81. The minimum absolute atomic E-state index is 0.0794. The van der Waals surface area contributed by atoms with Crippen LogP contribution >= 0.6 is 0 Å². The average Bonchev–Trinajstić information content (AvgIpc) is 2.59. The fourth-order valence-electron chi connectivity index (χ4n) is 2.07. The van der Waals surface area contributed by atoms with Gasteiger partial charge in [0.25, 0.3) is 0 Å². The molecule has 0 spiro atoms. The van der Waals surface area contributed by atoms with Crippen molar-refractivity contribution < 1.29 is 4.79 Å². The van der Waals surface area contributed by atoms with E-state index >= 15 is 0 Å². The summed E-state index contributed by atoms with van der Waals surface area (Å²) < 4.78 is 0. The Labute approximate surface area is 146 Å². The molecular weight excluding hydrogens is 300 g/mol. The van der Waals surface area contributed by atoms with Crippen LogP contribution in [-0.2, 0) is 11.3 Å². The quantitative estimate of drug-likeness (QED) is 0.351. The van der Waals surface area contributed by atoms with Crippen LogP contribution < -0.4 is 16.0 Å². The van der Waals surface area contributed by atoms with Crippen LogP contribution in [0.4, 0.5) is 0 Å². The number of guanidine groups is 1. The first kappa shape index (κ1) is 20.0. The fourth-order valence-corrected chi connectivity index (χ4v) is 2.07. The number of aryl methyl sites for hydroxylation is 1. The number of carbonyl (C=O) groups is 1. The van der Waals surface area contributed by atoms with Gasteiger partial charge >= 0.3 is 0 Å². The number of amides is 1. The lowest BCUT2D eigenvalue weighted by Crippen LogP contribution is -2.40. The number of nitrogens with zero attached hydrogens (tertiary/aromatic N) is 1. The second-order valence-corrected chi connectivity index (χ2v) is 5.96. The molecule has 0 aliphatic heterocycles. The molecule has 0 fully saturated rings. The molecule has 0 heterocycles. The van der Waals surface area contributed by atoms with E-state index in [0.717, 1.165) is 38.3 Å². The van der Waals surface area contributed by atoms with Gasteiger partial charge < -0.3 is 16.0 Å². The van der Waals surface area contributed by atoms with Gasteiger partial charge in [0, 0.05) is 26.1 Å². The second kappa shape index (κ2) is 12.4. The van der Waals surface area contributed by atoms with E-state index in [1.165, 1.54) is 11.1 Å². The molecule has 0 aromatic heterocycles. The van der Waals surface area contributed by atoms with E-state index in [2.05, 4.69) is 59.1 Å². The first-order valence-electron chi connectivity index (χ1n) is 9.00. The molecule has 24 heavy (non-hydrogen) atoms. The van der Waals surface area contributed by atoms with Crippen molar-refractivity contribution in [3.63, 3.8) is 0 Å². The summed E-state index contributed by atoms with van der Waals surface area (Å²) in [5.74, 6) is 0.850. The molecule has 0 unspecified atom stereocenters. The third-order valence-electron chi connectivity index (χ3n) is 3.58. The average molecular weight is 332 g/mol. The van der Waals surface area contributed by atoms with Gasteiger partial charge in [-0.25, -0.2) is 4.99 Å². The summed E-state index contributed by atoms with van der Waals surface area (Å²) in [6, 6.07) is 8.39. The van der Waals surface area contributed by atoms with E-state index in [9.17, 15) is 4.79 Å². The number of hydrogen-bond donors (Lipinski definition) is 3. The summed E-state index contributed by atoms with van der Waals surface area (Å²) in [6.07, 6.45) is 3.65. The Morgan fingerprint density at radius 1 is 0.958 bits per heavy atom. The van der Waals surface area contributed by atoms with Gasteiger partial charge in [-0.1, -0.05) is 50.1 Å². The molecule has 0 saturated heterocycles. The zero-order chi connectivity index (χ0) is 17.6. The fraction of sp³-hybridized carbons (Fsp3) is 0.579. The number of rotatable bonds is 10. The molecule has 1 aromatic carbocycles. The van der Waals surface area contributed by atoms with E-state index in [0.29, 0.717) is 19.5 Å². The Kier molecular flexibility index (Phi) is 10.3. The van der Waals surface area contributed by atoms with Crippen LogP contribution in [0.3, 0.4) is 0 Å². The molecule has 1 amide bonds. The molecule has 0 radical (unpaired) electrons. The normalized spacial score (nSPS) is 11.2. The smallest absolute Gasteiger partial charge is 0.221 e. The monoisotopic (exact) mass is 332 g/mol. The van der Waals surface area contributed by atoms with E-state index in [4.69, 9.17) is 0 Å². The topological polar surface area (TPSA) is 65.5 Å². The maximum Gasteiger partial charge on any atom is 0.221 e. The Balaban J connectivity index is 2.47. The standard InChI is InChI=1S/C19H32N4O/c1-4-6-13-21-19(22-14-11-18(24)20-12-5-2)23-15-17-9-7-16(3)8-10-17/h7-10H,4-6,11-15H2,1-3H3,(H,20,24)(H2,21,22,23). The number of nitrogens with one attached hydrogen (secondary N) is 3. The van der Waals surface area contributed by atoms with Crippen molar-refractivity contribution in [1.29, 1.82) is 0 Å². The zero-order valence-electron chi connectivity index (χ0n) is 15.3. The number of carbonyl (C=O) groups excluding carboxylic acids is 1. The second-order valence-electron chi connectivity index (χ2n) is 5.96. The lowest BCUT2D eigenvalue weighted by Gasteiger charge is -2.12. The highest BCUT2D eigenvalue weighted by Gasteiger charge is 2.02. The Morgan fingerprint density at radius 2 is 1.67 bits per heavy atom. The summed E-state index contributed by atoms with van der Waals surface area (Å²) in [7, 11) is 0. The summed E-state index contributed by atoms with van der Waals surface area (Å²) in [6.45, 7) is 9.13. The van der Waals surface area contributed by atoms with Crippen LogP contribution in [0.1, 0.15) is 50.7 Å². The molecule has 3 N–H and O–H groups in total. The summed E-state index contributed by atoms with van der Waals surface area (Å²) in [5.41, 5.74) is 2.43. The van der Waals surface area contributed by atoms with Crippen LogP contribution in [0.5, 0.6) is 0 Å².